The second kappa shape index (κ2) is 5.51. The van der Waals surface area contributed by atoms with Gasteiger partial charge in [-0.15, -0.1) is 0 Å². The Morgan fingerprint density at radius 1 is 1.15 bits per heavy atom. The molecule has 2 amide bonds. The lowest BCUT2D eigenvalue weighted by Crippen LogP contribution is -2.52. The Kier molecular flexibility index (Phi) is 3.95. The minimum Gasteiger partial charge on any atom is -0.391 e. The predicted molar refractivity (Wildman–Crippen MR) is 81.9 cm³/mol. The van der Waals surface area contributed by atoms with Crippen LogP contribution in [0.3, 0.4) is 0 Å². The summed E-state index contributed by atoms with van der Waals surface area (Å²) in [5.74, 6) is 0. The molecule has 20 heavy (non-hydrogen) atoms. The molecule has 3 N–H and O–H groups in total. The van der Waals surface area contributed by atoms with Gasteiger partial charge in [-0.2, -0.15) is 0 Å². The molecule has 2 aromatic carbocycles. The topological polar surface area (TPSA) is 61.4 Å². The fourth-order valence-electron chi connectivity index (χ4n) is 1.89. The molecule has 0 radical (unpaired) electrons. The van der Waals surface area contributed by atoms with Gasteiger partial charge in [-0.05, 0) is 32.2 Å². The first kappa shape index (κ1) is 14.3. The molecule has 0 fully saturated rings. The first-order chi connectivity index (χ1) is 9.40. The van der Waals surface area contributed by atoms with E-state index in [0.717, 1.165) is 16.5 Å². The minimum atomic E-state index is -0.686. The zero-order valence-electron chi connectivity index (χ0n) is 12.0. The van der Waals surface area contributed by atoms with Crippen LogP contribution < -0.4 is 10.6 Å². The second-order valence-corrected chi connectivity index (χ2v) is 5.50. The maximum Gasteiger partial charge on any atom is 0.319 e. The van der Waals surface area contributed by atoms with Crippen molar-refractivity contribution < 1.29 is 9.90 Å². The molecule has 0 saturated carbocycles. The molecular formula is C16H20N2O2. The van der Waals surface area contributed by atoms with E-state index in [9.17, 15) is 9.90 Å². The third-order valence-electron chi connectivity index (χ3n) is 3.52. The fourth-order valence-corrected chi connectivity index (χ4v) is 1.89. The Labute approximate surface area is 118 Å². The molecule has 0 aliphatic rings. The van der Waals surface area contributed by atoms with Crippen LogP contribution in [0.25, 0.3) is 10.8 Å². The Balaban J connectivity index is 2.19. The summed E-state index contributed by atoms with van der Waals surface area (Å²) in [6, 6.07) is 13.3. The average Bonchev–Trinajstić information content (AvgIpc) is 2.38. The third-order valence-corrected chi connectivity index (χ3v) is 3.52. The minimum absolute atomic E-state index is 0.327. The van der Waals surface area contributed by atoms with Crippen LogP contribution in [0.4, 0.5) is 10.5 Å². The number of carbonyl (C=O) groups is 1. The van der Waals surface area contributed by atoms with Crippen molar-refractivity contribution in [2.24, 2.45) is 0 Å². The van der Waals surface area contributed by atoms with Crippen molar-refractivity contribution in [3.8, 4) is 0 Å². The maximum atomic E-state index is 12.0. The molecule has 2 aromatic rings. The van der Waals surface area contributed by atoms with E-state index in [1.165, 1.54) is 0 Å². The molecule has 0 aromatic heterocycles. The summed E-state index contributed by atoms with van der Waals surface area (Å²) in [7, 11) is 0. The molecule has 0 aliphatic carbocycles. The molecule has 1 unspecified atom stereocenters. The standard InChI is InChI=1S/C16H20N2O2/c1-11(19)16(2,3)18-15(20)17-14-10-6-8-12-7-4-5-9-13(12)14/h4-11,19H,1-3H3,(H2,17,18,20). The molecule has 1 atom stereocenters. The molecule has 4 heteroatoms. The van der Waals surface area contributed by atoms with Crippen molar-refractivity contribution in [3.05, 3.63) is 42.5 Å². The van der Waals surface area contributed by atoms with Crippen LogP contribution in [0, 0.1) is 0 Å². The molecule has 0 heterocycles. The Morgan fingerprint density at radius 2 is 1.80 bits per heavy atom. The van der Waals surface area contributed by atoms with Crippen molar-refractivity contribution in [1.29, 1.82) is 0 Å². The van der Waals surface area contributed by atoms with E-state index in [4.69, 9.17) is 0 Å². The highest BCUT2D eigenvalue weighted by Crippen LogP contribution is 2.23. The molecule has 4 nitrogen and oxygen atoms in total. The molecule has 0 bridgehead atoms. The van der Waals surface area contributed by atoms with E-state index < -0.39 is 11.6 Å². The molecule has 106 valence electrons. The van der Waals surface area contributed by atoms with Gasteiger partial charge in [0.2, 0.25) is 0 Å². The van der Waals surface area contributed by atoms with Crippen LogP contribution in [-0.4, -0.2) is 22.8 Å². The highest BCUT2D eigenvalue weighted by molar-refractivity contribution is 6.01. The average molecular weight is 272 g/mol. The summed E-state index contributed by atoms with van der Waals surface area (Å²) < 4.78 is 0. The van der Waals surface area contributed by atoms with Crippen molar-refractivity contribution in [2.75, 3.05) is 5.32 Å². The number of nitrogens with one attached hydrogen (secondary N) is 2. The van der Waals surface area contributed by atoms with Crippen molar-refractivity contribution in [1.82, 2.24) is 5.32 Å². The number of hydrogen-bond donors (Lipinski definition) is 3. The number of carbonyl (C=O) groups excluding carboxylic acids is 1. The van der Waals surface area contributed by atoms with Gasteiger partial charge in [0, 0.05) is 5.39 Å². The number of rotatable bonds is 3. The van der Waals surface area contributed by atoms with E-state index >= 15 is 0 Å². The van der Waals surface area contributed by atoms with Crippen LogP contribution in [0.1, 0.15) is 20.8 Å². The number of benzene rings is 2. The van der Waals surface area contributed by atoms with Crippen molar-refractivity contribution in [2.45, 2.75) is 32.4 Å². The van der Waals surface area contributed by atoms with E-state index in [0.29, 0.717) is 0 Å². The third kappa shape index (κ3) is 3.08. The lowest BCUT2D eigenvalue weighted by molar-refractivity contribution is 0.103. The number of hydrogen-bond acceptors (Lipinski definition) is 2. The summed E-state index contributed by atoms with van der Waals surface area (Å²) >= 11 is 0. The van der Waals surface area contributed by atoms with Gasteiger partial charge in [-0.25, -0.2) is 4.79 Å². The van der Waals surface area contributed by atoms with E-state index in [-0.39, 0.29) is 6.03 Å². The largest absolute Gasteiger partial charge is 0.391 e. The Morgan fingerprint density at radius 3 is 2.50 bits per heavy atom. The van der Waals surface area contributed by atoms with Crippen LogP contribution in [0.15, 0.2) is 42.5 Å². The zero-order chi connectivity index (χ0) is 14.8. The highest BCUT2D eigenvalue weighted by atomic mass is 16.3. The van der Waals surface area contributed by atoms with Crippen molar-refractivity contribution >= 4 is 22.5 Å². The summed E-state index contributed by atoms with van der Waals surface area (Å²) in [4.78, 5) is 12.0. The SMILES string of the molecule is CC(O)C(C)(C)NC(=O)Nc1cccc2ccccc12. The van der Waals surface area contributed by atoms with Crippen LogP contribution in [-0.2, 0) is 0 Å². The summed E-state index contributed by atoms with van der Waals surface area (Å²) in [5.41, 5.74) is 0.0660. The number of amides is 2. The maximum absolute atomic E-state index is 12.0. The van der Waals surface area contributed by atoms with Gasteiger partial charge in [0.05, 0.1) is 17.3 Å². The number of aliphatic hydroxyl groups is 1. The first-order valence-electron chi connectivity index (χ1n) is 6.65. The Hall–Kier alpha value is -2.07. The van der Waals surface area contributed by atoms with Crippen LogP contribution in [0.5, 0.6) is 0 Å². The van der Waals surface area contributed by atoms with Crippen LogP contribution >= 0.6 is 0 Å². The van der Waals surface area contributed by atoms with Crippen LogP contribution in [0.2, 0.25) is 0 Å². The van der Waals surface area contributed by atoms with E-state index in [1.54, 1.807) is 20.8 Å². The predicted octanol–water partition coefficient (Wildman–Crippen LogP) is 3.12. The fraction of sp³-hybridized carbons (Fsp3) is 0.312. The first-order valence-corrected chi connectivity index (χ1v) is 6.65. The van der Waals surface area contributed by atoms with E-state index in [1.807, 2.05) is 42.5 Å². The second-order valence-electron chi connectivity index (χ2n) is 5.50. The number of aliphatic hydroxyl groups excluding tert-OH is 1. The molecule has 0 saturated heterocycles. The highest BCUT2D eigenvalue weighted by Gasteiger charge is 2.26. The van der Waals surface area contributed by atoms with Gasteiger partial charge >= 0.3 is 6.03 Å². The van der Waals surface area contributed by atoms with Gasteiger partial charge in [0.15, 0.2) is 0 Å². The number of anilines is 1. The normalized spacial score (nSPS) is 13.0. The number of fused-ring (bicyclic) bond motifs is 1. The monoisotopic (exact) mass is 272 g/mol. The molecule has 2 rings (SSSR count). The van der Waals surface area contributed by atoms with Gasteiger partial charge < -0.3 is 15.7 Å². The zero-order valence-corrected chi connectivity index (χ0v) is 12.0. The van der Waals surface area contributed by atoms with Gasteiger partial charge in [-0.3, -0.25) is 0 Å². The molecule has 0 aliphatic heterocycles. The summed E-state index contributed by atoms with van der Waals surface area (Å²) in [6.07, 6.45) is -0.638. The lowest BCUT2D eigenvalue weighted by atomic mass is 9.99. The van der Waals surface area contributed by atoms with Gasteiger partial charge in [0.25, 0.3) is 0 Å². The smallest absolute Gasteiger partial charge is 0.319 e. The number of urea groups is 1. The van der Waals surface area contributed by atoms with Gasteiger partial charge in [-0.1, -0.05) is 36.4 Å². The van der Waals surface area contributed by atoms with Gasteiger partial charge in [0.1, 0.15) is 0 Å². The summed E-state index contributed by atoms with van der Waals surface area (Å²) in [5, 5.41) is 17.3. The quantitative estimate of drug-likeness (QED) is 0.804. The van der Waals surface area contributed by atoms with Crippen molar-refractivity contribution in [3.63, 3.8) is 0 Å². The Bertz CT molecular complexity index is 615. The summed E-state index contributed by atoms with van der Waals surface area (Å²) in [6.45, 7) is 5.21. The lowest BCUT2D eigenvalue weighted by Gasteiger charge is -2.29. The molecule has 0 spiro atoms. The van der Waals surface area contributed by atoms with E-state index in [2.05, 4.69) is 10.6 Å². The molecular weight excluding hydrogens is 252 g/mol.